The molecule has 0 bridgehead atoms. The summed E-state index contributed by atoms with van der Waals surface area (Å²) in [5.74, 6) is 0. The third kappa shape index (κ3) is 5.14. The van der Waals surface area contributed by atoms with Gasteiger partial charge in [-0.25, -0.2) is 16.8 Å². The molecule has 4 rings (SSSR count). The van der Waals surface area contributed by atoms with Crippen LogP contribution in [0, 0.1) is 6.08 Å². The van der Waals surface area contributed by atoms with Gasteiger partial charge in [-0.15, -0.1) is 52.6 Å². The summed E-state index contributed by atoms with van der Waals surface area (Å²) >= 11 is -0.556. The molecule has 0 saturated carbocycles. The third-order valence-electron chi connectivity index (χ3n) is 2.80. The smallest absolute Gasteiger partial charge is 0.141 e. The van der Waals surface area contributed by atoms with Crippen molar-refractivity contribution >= 4 is 29.4 Å². The van der Waals surface area contributed by atoms with Gasteiger partial charge < -0.3 is 0 Å². The standard InChI is InChI=1S/C10H7N4.C5H5.2ClH.Ti/c1-2-4-9-6-10(5-8(9)3-1)14-7-11-12-13-14;1-2-4-5-3-1;;;/h1-7H;1-3H,4H2;2*1H;/q2*-1;;;+2/p-2. The molecule has 0 radical (unpaired) electrons. The number of hydrogen-bond donors (Lipinski definition) is 0. The zero-order chi connectivity index (χ0) is 15.6. The molecule has 0 amide bonds. The predicted octanol–water partition coefficient (Wildman–Crippen LogP) is 4.22. The van der Waals surface area contributed by atoms with Crippen LogP contribution in [-0.2, 0) is 17.0 Å². The summed E-state index contributed by atoms with van der Waals surface area (Å²) in [6.45, 7) is 0. The second kappa shape index (κ2) is 9.64. The minimum atomic E-state index is -0.556. The van der Waals surface area contributed by atoms with E-state index < -0.39 is 17.0 Å². The van der Waals surface area contributed by atoms with Crippen LogP contribution in [0.25, 0.3) is 16.5 Å². The van der Waals surface area contributed by atoms with E-state index in [2.05, 4.69) is 51.9 Å². The van der Waals surface area contributed by atoms with Crippen molar-refractivity contribution in [1.29, 1.82) is 0 Å². The first kappa shape index (κ1) is 17.0. The Morgan fingerprint density at radius 2 is 2.09 bits per heavy atom. The van der Waals surface area contributed by atoms with Gasteiger partial charge in [0.15, 0.2) is 0 Å². The average molecular weight is 367 g/mol. The van der Waals surface area contributed by atoms with Crippen molar-refractivity contribution in [2.75, 3.05) is 0 Å². The second-order valence-electron chi connectivity index (χ2n) is 4.17. The fraction of sp³-hybridized carbons (Fsp3) is 0.0667. The Hall–Kier alpha value is -1.33. The van der Waals surface area contributed by atoms with Crippen LogP contribution >= 0.6 is 18.6 Å². The summed E-state index contributed by atoms with van der Waals surface area (Å²) in [7, 11) is 9.78. The van der Waals surface area contributed by atoms with Crippen LogP contribution < -0.4 is 0 Å². The van der Waals surface area contributed by atoms with E-state index in [1.165, 1.54) is 10.8 Å². The first-order valence-corrected chi connectivity index (χ1v) is 10.7. The fourth-order valence-electron chi connectivity index (χ4n) is 1.89. The van der Waals surface area contributed by atoms with E-state index in [0.29, 0.717) is 0 Å². The first-order valence-electron chi connectivity index (χ1n) is 6.42. The van der Waals surface area contributed by atoms with Gasteiger partial charge in [0, 0.05) is 0 Å². The number of tetrazole rings is 1. The summed E-state index contributed by atoms with van der Waals surface area (Å²) in [5, 5.41) is 13.5. The maximum atomic E-state index is 4.89. The summed E-state index contributed by atoms with van der Waals surface area (Å²) in [6, 6.07) is 12.3. The van der Waals surface area contributed by atoms with Crippen molar-refractivity contribution in [2.45, 2.75) is 6.42 Å². The zero-order valence-corrected chi connectivity index (χ0v) is 14.6. The molecule has 1 aromatic heterocycles. The van der Waals surface area contributed by atoms with Crippen molar-refractivity contribution in [3.63, 3.8) is 0 Å². The van der Waals surface area contributed by atoms with Gasteiger partial charge in [-0.2, -0.15) is 6.08 Å². The molecular formula is C15H12Cl2N4Ti-2. The van der Waals surface area contributed by atoms with E-state index in [1.807, 2.05) is 24.3 Å². The quantitative estimate of drug-likeness (QED) is 0.478. The van der Waals surface area contributed by atoms with Crippen molar-refractivity contribution in [3.8, 4) is 5.69 Å². The normalized spacial score (nSPS) is 11.5. The Balaban J connectivity index is 0.000000184. The Morgan fingerprint density at radius 1 is 1.27 bits per heavy atom. The number of aromatic nitrogens is 4. The number of fused-ring (bicyclic) bond motifs is 1. The molecular weight excluding hydrogens is 355 g/mol. The molecule has 3 aromatic rings. The van der Waals surface area contributed by atoms with E-state index in [1.54, 1.807) is 11.0 Å². The molecule has 1 heterocycles. The van der Waals surface area contributed by atoms with Gasteiger partial charge in [-0.05, 0) is 16.1 Å². The summed E-state index contributed by atoms with van der Waals surface area (Å²) < 4.78 is 1.65. The van der Waals surface area contributed by atoms with Crippen LogP contribution in [0.1, 0.15) is 6.42 Å². The molecule has 0 unspecified atom stereocenters. The minimum Gasteiger partial charge on any atom is -0.220 e. The minimum absolute atomic E-state index is 0.556. The molecule has 1 aliphatic carbocycles. The number of hydrogen-bond acceptors (Lipinski definition) is 3. The number of rotatable bonds is 1. The Morgan fingerprint density at radius 3 is 2.64 bits per heavy atom. The molecule has 4 nitrogen and oxygen atoms in total. The van der Waals surface area contributed by atoms with Gasteiger partial charge in [0.1, 0.15) is 6.33 Å². The van der Waals surface area contributed by atoms with Crippen LogP contribution in [-0.4, -0.2) is 20.2 Å². The van der Waals surface area contributed by atoms with Crippen LogP contribution in [0.4, 0.5) is 0 Å². The van der Waals surface area contributed by atoms with E-state index in [-0.39, 0.29) is 0 Å². The molecule has 0 spiro atoms. The van der Waals surface area contributed by atoms with E-state index >= 15 is 0 Å². The molecule has 0 N–H and O–H groups in total. The van der Waals surface area contributed by atoms with Gasteiger partial charge in [-0.1, -0.05) is 6.07 Å². The Kier molecular flexibility index (Phi) is 7.47. The Labute approximate surface area is 145 Å². The molecule has 0 aliphatic heterocycles. The monoisotopic (exact) mass is 366 g/mol. The van der Waals surface area contributed by atoms with E-state index in [9.17, 15) is 0 Å². The number of nitrogens with zero attached hydrogens (tertiary/aromatic N) is 4. The number of allylic oxidation sites excluding steroid dienone is 4. The molecule has 1 aliphatic rings. The largest absolute Gasteiger partial charge is 0.220 e. The summed E-state index contributed by atoms with van der Waals surface area (Å²) in [6.07, 6.45) is 11.6. The first-order chi connectivity index (χ1) is 10.8. The van der Waals surface area contributed by atoms with Crippen molar-refractivity contribution in [3.05, 3.63) is 67.0 Å². The second-order valence-corrected chi connectivity index (χ2v) is 6.75. The number of benzene rings is 1. The SMILES string of the molecule is [C-]1=CC=CC1.[Cl][Ti][Cl].c1ccc2[cH-]c(-n3cnnn3)cc2c1. The Bertz CT molecular complexity index is 692. The maximum absolute atomic E-state index is 4.89. The van der Waals surface area contributed by atoms with E-state index in [4.69, 9.17) is 18.6 Å². The van der Waals surface area contributed by atoms with Crippen LogP contribution in [0.5, 0.6) is 0 Å². The predicted molar refractivity (Wildman–Crippen MR) is 85.5 cm³/mol. The van der Waals surface area contributed by atoms with Crippen LogP contribution in [0.3, 0.4) is 0 Å². The molecule has 0 fully saturated rings. The van der Waals surface area contributed by atoms with Gasteiger partial charge in [0.05, 0.1) is 0 Å². The summed E-state index contributed by atoms with van der Waals surface area (Å²) in [5.41, 5.74) is 0.996. The maximum Gasteiger partial charge on any atom is 0.141 e. The fourth-order valence-corrected chi connectivity index (χ4v) is 1.89. The molecule has 0 saturated heterocycles. The van der Waals surface area contributed by atoms with Gasteiger partial charge >= 0.3 is 35.6 Å². The van der Waals surface area contributed by atoms with Crippen LogP contribution in [0.2, 0.25) is 0 Å². The van der Waals surface area contributed by atoms with E-state index in [0.717, 1.165) is 12.1 Å². The third-order valence-corrected chi connectivity index (χ3v) is 2.80. The van der Waals surface area contributed by atoms with Crippen molar-refractivity contribution < 1.29 is 17.0 Å². The van der Waals surface area contributed by atoms with Crippen molar-refractivity contribution in [2.24, 2.45) is 0 Å². The van der Waals surface area contributed by atoms with Gasteiger partial charge in [0.2, 0.25) is 0 Å². The van der Waals surface area contributed by atoms with Gasteiger partial charge in [-0.3, -0.25) is 6.08 Å². The topological polar surface area (TPSA) is 43.6 Å². The molecule has 0 atom stereocenters. The average Bonchev–Trinajstić information content (AvgIpc) is 3.29. The van der Waals surface area contributed by atoms with Crippen molar-refractivity contribution in [1.82, 2.24) is 20.2 Å². The molecule has 22 heavy (non-hydrogen) atoms. The van der Waals surface area contributed by atoms with Crippen LogP contribution in [0.15, 0.2) is 61.0 Å². The zero-order valence-electron chi connectivity index (χ0n) is 11.5. The molecule has 2 aromatic carbocycles. The number of halogens is 2. The molecule has 7 heteroatoms. The summed E-state index contributed by atoms with van der Waals surface area (Å²) in [4.78, 5) is 0. The van der Waals surface area contributed by atoms with Gasteiger partial charge in [0.25, 0.3) is 0 Å². The molecule has 112 valence electrons.